The fourth-order valence-electron chi connectivity index (χ4n) is 0.185. The van der Waals surface area contributed by atoms with Gasteiger partial charge >= 0.3 is 0 Å². The average molecular weight is 122 g/mol. The minimum Gasteiger partial charge on any atom is -0.772 e. The summed E-state index contributed by atoms with van der Waals surface area (Å²) < 4.78 is 19.4. The zero-order valence-corrected chi connectivity index (χ0v) is 4.96. The van der Waals surface area contributed by atoms with Gasteiger partial charge in [-0.05, 0) is 7.05 Å². The SMILES string of the molecule is CNCCS(=O)[O-]. The summed E-state index contributed by atoms with van der Waals surface area (Å²) in [6, 6.07) is 0. The van der Waals surface area contributed by atoms with E-state index in [1.165, 1.54) is 0 Å². The maximum Gasteiger partial charge on any atom is 0.0227 e. The second-order valence-electron chi connectivity index (χ2n) is 1.11. The van der Waals surface area contributed by atoms with Gasteiger partial charge in [0.2, 0.25) is 0 Å². The first-order valence-corrected chi connectivity index (χ1v) is 3.22. The van der Waals surface area contributed by atoms with Gasteiger partial charge < -0.3 is 9.87 Å². The number of hydrogen-bond donors (Lipinski definition) is 1. The Labute approximate surface area is 45.4 Å². The summed E-state index contributed by atoms with van der Waals surface area (Å²) in [6.45, 7) is 0.538. The van der Waals surface area contributed by atoms with Gasteiger partial charge in [0, 0.05) is 12.3 Å². The summed E-state index contributed by atoms with van der Waals surface area (Å²) in [7, 11) is 1.72. The van der Waals surface area contributed by atoms with Crippen LogP contribution in [0.2, 0.25) is 0 Å². The quantitative estimate of drug-likeness (QED) is 0.493. The van der Waals surface area contributed by atoms with Gasteiger partial charge in [-0.2, -0.15) is 0 Å². The lowest BCUT2D eigenvalue weighted by molar-refractivity contribution is 0.535. The van der Waals surface area contributed by atoms with E-state index in [4.69, 9.17) is 0 Å². The van der Waals surface area contributed by atoms with Gasteiger partial charge in [-0.1, -0.05) is 11.1 Å². The fraction of sp³-hybridized carbons (Fsp3) is 1.00. The molecule has 1 unspecified atom stereocenters. The van der Waals surface area contributed by atoms with Crippen LogP contribution in [0.1, 0.15) is 0 Å². The molecule has 0 bridgehead atoms. The van der Waals surface area contributed by atoms with Crippen LogP contribution in [0.25, 0.3) is 0 Å². The van der Waals surface area contributed by atoms with Crippen LogP contribution in [-0.2, 0) is 11.1 Å². The Bertz CT molecular complexity index is 66.0. The zero-order valence-electron chi connectivity index (χ0n) is 4.14. The van der Waals surface area contributed by atoms with Gasteiger partial charge in [-0.25, -0.2) is 0 Å². The van der Waals surface area contributed by atoms with Crippen molar-refractivity contribution < 1.29 is 8.76 Å². The van der Waals surface area contributed by atoms with E-state index in [1.54, 1.807) is 7.05 Å². The normalized spacial score (nSPS) is 14.0. The molecule has 0 amide bonds. The van der Waals surface area contributed by atoms with Crippen molar-refractivity contribution in [3.05, 3.63) is 0 Å². The second-order valence-corrected chi connectivity index (χ2v) is 2.13. The van der Waals surface area contributed by atoms with Crippen LogP contribution in [0.5, 0.6) is 0 Å². The number of nitrogens with one attached hydrogen (secondary N) is 1. The topological polar surface area (TPSA) is 52.2 Å². The molecule has 0 aliphatic carbocycles. The predicted octanol–water partition coefficient (Wildman–Crippen LogP) is -0.915. The molecule has 0 aromatic rings. The van der Waals surface area contributed by atoms with Crippen LogP contribution in [0, 0.1) is 0 Å². The standard InChI is InChI=1S/C3H9NO2S/c1-4-2-3-7(5)6/h4H,2-3H2,1H3,(H,5,6)/p-1. The van der Waals surface area contributed by atoms with Gasteiger partial charge in [-0.3, -0.25) is 4.21 Å². The Kier molecular flexibility index (Phi) is 4.28. The number of hydrogen-bond acceptors (Lipinski definition) is 3. The van der Waals surface area contributed by atoms with Crippen LogP contribution in [0.3, 0.4) is 0 Å². The molecule has 0 saturated carbocycles. The minimum absolute atomic E-state index is 0.205. The lowest BCUT2D eigenvalue weighted by Gasteiger charge is -2.01. The molecule has 0 aromatic heterocycles. The summed E-state index contributed by atoms with van der Waals surface area (Å²) in [6.07, 6.45) is 0. The summed E-state index contributed by atoms with van der Waals surface area (Å²) in [5, 5.41) is 2.71. The van der Waals surface area contributed by atoms with Gasteiger partial charge in [0.05, 0.1) is 0 Å². The van der Waals surface area contributed by atoms with Crippen LogP contribution in [-0.4, -0.2) is 28.1 Å². The Morgan fingerprint density at radius 1 is 1.86 bits per heavy atom. The number of rotatable bonds is 3. The summed E-state index contributed by atoms with van der Waals surface area (Å²) in [5.41, 5.74) is 0. The van der Waals surface area contributed by atoms with Crippen molar-refractivity contribution in [3.63, 3.8) is 0 Å². The van der Waals surface area contributed by atoms with E-state index in [2.05, 4.69) is 5.32 Å². The van der Waals surface area contributed by atoms with E-state index in [9.17, 15) is 8.76 Å². The highest BCUT2D eigenvalue weighted by Crippen LogP contribution is 1.66. The molecule has 4 heteroatoms. The van der Waals surface area contributed by atoms with Crippen molar-refractivity contribution in [3.8, 4) is 0 Å². The zero-order chi connectivity index (χ0) is 5.70. The summed E-state index contributed by atoms with van der Waals surface area (Å²) in [4.78, 5) is 0. The van der Waals surface area contributed by atoms with Crippen molar-refractivity contribution in [1.82, 2.24) is 5.32 Å². The third-order valence-electron chi connectivity index (χ3n) is 0.519. The first kappa shape index (κ1) is 7.07. The van der Waals surface area contributed by atoms with Crippen molar-refractivity contribution >= 4 is 11.1 Å². The molecule has 0 aliphatic rings. The van der Waals surface area contributed by atoms with Crippen molar-refractivity contribution in [2.24, 2.45) is 0 Å². The van der Waals surface area contributed by atoms with Crippen LogP contribution in [0.4, 0.5) is 0 Å². The first-order chi connectivity index (χ1) is 3.27. The first-order valence-electron chi connectivity index (χ1n) is 1.98. The van der Waals surface area contributed by atoms with Crippen molar-refractivity contribution in [2.75, 3.05) is 19.3 Å². The van der Waals surface area contributed by atoms with E-state index in [0.717, 1.165) is 0 Å². The molecule has 0 aromatic carbocycles. The molecule has 1 atom stereocenters. The summed E-state index contributed by atoms with van der Waals surface area (Å²) in [5.74, 6) is 0.205. The average Bonchev–Trinajstić information content (AvgIpc) is 1.61. The second kappa shape index (κ2) is 4.23. The summed E-state index contributed by atoms with van der Waals surface area (Å²) >= 11 is -1.88. The molecular weight excluding hydrogens is 114 g/mol. The predicted molar refractivity (Wildman–Crippen MR) is 27.7 cm³/mol. The van der Waals surface area contributed by atoms with E-state index < -0.39 is 11.1 Å². The monoisotopic (exact) mass is 122 g/mol. The molecule has 1 N–H and O–H groups in total. The Morgan fingerprint density at radius 2 is 2.43 bits per heavy atom. The van der Waals surface area contributed by atoms with Gasteiger partial charge in [0.15, 0.2) is 0 Å². The van der Waals surface area contributed by atoms with E-state index in [0.29, 0.717) is 6.54 Å². The van der Waals surface area contributed by atoms with Gasteiger partial charge in [0.25, 0.3) is 0 Å². The van der Waals surface area contributed by atoms with Gasteiger partial charge in [-0.15, -0.1) is 0 Å². The maximum absolute atomic E-state index is 9.72. The van der Waals surface area contributed by atoms with Crippen LogP contribution < -0.4 is 5.32 Å². The molecule has 7 heavy (non-hydrogen) atoms. The molecule has 3 nitrogen and oxygen atoms in total. The van der Waals surface area contributed by atoms with Crippen LogP contribution in [0.15, 0.2) is 0 Å². The lowest BCUT2D eigenvalue weighted by atomic mass is 10.8. The van der Waals surface area contributed by atoms with E-state index in [1.807, 2.05) is 0 Å². The molecular formula is C3H8NO2S-. The van der Waals surface area contributed by atoms with Crippen molar-refractivity contribution in [2.45, 2.75) is 0 Å². The minimum atomic E-state index is -1.88. The molecule has 0 heterocycles. The fourth-order valence-corrected chi connectivity index (χ4v) is 0.556. The largest absolute Gasteiger partial charge is 0.772 e. The third kappa shape index (κ3) is 6.07. The smallest absolute Gasteiger partial charge is 0.0227 e. The highest BCUT2D eigenvalue weighted by atomic mass is 32.2. The molecule has 0 radical (unpaired) electrons. The lowest BCUT2D eigenvalue weighted by Crippen LogP contribution is -2.14. The molecule has 0 saturated heterocycles. The Balaban J connectivity index is 2.82. The molecule has 44 valence electrons. The Morgan fingerprint density at radius 3 is 2.57 bits per heavy atom. The molecule has 0 spiro atoms. The van der Waals surface area contributed by atoms with Crippen molar-refractivity contribution in [1.29, 1.82) is 0 Å². The maximum atomic E-state index is 9.72. The third-order valence-corrected chi connectivity index (χ3v) is 1.06. The Hall–Kier alpha value is 0.0700. The van der Waals surface area contributed by atoms with Gasteiger partial charge in [0.1, 0.15) is 0 Å². The highest BCUT2D eigenvalue weighted by molar-refractivity contribution is 7.79. The molecule has 0 fully saturated rings. The highest BCUT2D eigenvalue weighted by Gasteiger charge is 1.77. The van der Waals surface area contributed by atoms with Crippen LogP contribution >= 0.6 is 0 Å². The van der Waals surface area contributed by atoms with E-state index >= 15 is 0 Å². The molecule has 0 rings (SSSR count). The van der Waals surface area contributed by atoms with E-state index in [-0.39, 0.29) is 5.75 Å². The molecule has 0 aliphatic heterocycles.